The number of nitrogens with one attached hydrogen (secondary N) is 2. The van der Waals surface area contributed by atoms with Crippen LogP contribution in [0.25, 0.3) is 0 Å². The zero-order chi connectivity index (χ0) is 22.2. The molecule has 10 heteroatoms. The van der Waals surface area contributed by atoms with E-state index < -0.39 is 0 Å². The Morgan fingerprint density at radius 2 is 1.50 bits per heavy atom. The van der Waals surface area contributed by atoms with Crippen molar-refractivity contribution in [2.45, 2.75) is 0 Å². The largest absolute Gasteiger partial charge is 0.497 e. The molecule has 0 atom stereocenters. The summed E-state index contributed by atoms with van der Waals surface area (Å²) in [4.78, 5) is 15.6. The third-order valence-electron chi connectivity index (χ3n) is 4.76. The average molecular weight is 435 g/mol. The number of rotatable bonds is 8. The Morgan fingerprint density at radius 1 is 0.875 bits per heavy atom. The minimum Gasteiger partial charge on any atom is -0.497 e. The van der Waals surface area contributed by atoms with Gasteiger partial charge in [0.1, 0.15) is 11.5 Å². The summed E-state index contributed by atoms with van der Waals surface area (Å²) in [6.45, 7) is 2.68. The number of hydrogen-bond acceptors (Lipinski definition) is 10. The van der Waals surface area contributed by atoms with Crippen molar-refractivity contribution in [3.63, 3.8) is 0 Å². The van der Waals surface area contributed by atoms with Crippen LogP contribution in [0.1, 0.15) is 5.56 Å². The maximum absolute atomic E-state index is 5.44. The Hall–Kier alpha value is -3.92. The summed E-state index contributed by atoms with van der Waals surface area (Å²) in [5.74, 6) is 2.87. The lowest BCUT2D eigenvalue weighted by atomic mass is 10.2. The maximum Gasteiger partial charge on any atom is 0.250 e. The lowest BCUT2D eigenvalue weighted by Crippen LogP contribution is -2.37. The highest BCUT2D eigenvalue weighted by Crippen LogP contribution is 2.21. The molecule has 2 N–H and O–H groups in total. The monoisotopic (exact) mass is 435 g/mol. The minimum absolute atomic E-state index is 0.335. The van der Waals surface area contributed by atoms with Crippen molar-refractivity contribution in [1.82, 2.24) is 15.0 Å². The van der Waals surface area contributed by atoms with E-state index in [4.69, 9.17) is 14.2 Å². The first-order valence-corrected chi connectivity index (χ1v) is 10.2. The molecule has 32 heavy (non-hydrogen) atoms. The standard InChI is InChI=1S/C22H25N7O3/c1-30-18-7-3-16(4-8-18)15-23-28-21-25-20(24-17-5-9-19(31-2)10-6-17)26-22(27-21)29-11-13-32-14-12-29/h3-10,15H,11-14H2,1-2H3,(H2,24,25,26,27,28)/b23-15+. The van der Waals surface area contributed by atoms with Gasteiger partial charge in [-0.1, -0.05) is 0 Å². The molecule has 1 saturated heterocycles. The van der Waals surface area contributed by atoms with E-state index >= 15 is 0 Å². The average Bonchev–Trinajstić information content (AvgIpc) is 2.85. The Labute approximate surface area is 186 Å². The van der Waals surface area contributed by atoms with Gasteiger partial charge in [-0.3, -0.25) is 0 Å². The summed E-state index contributed by atoms with van der Waals surface area (Å²) in [6.07, 6.45) is 1.69. The van der Waals surface area contributed by atoms with Gasteiger partial charge in [0, 0.05) is 18.8 Å². The Kier molecular flexibility index (Phi) is 6.93. The van der Waals surface area contributed by atoms with Crippen molar-refractivity contribution in [3.8, 4) is 11.5 Å². The van der Waals surface area contributed by atoms with Gasteiger partial charge in [-0.15, -0.1) is 0 Å². The summed E-state index contributed by atoms with van der Waals surface area (Å²) >= 11 is 0. The fourth-order valence-electron chi connectivity index (χ4n) is 3.03. The molecule has 2 heterocycles. The van der Waals surface area contributed by atoms with Gasteiger partial charge in [0.05, 0.1) is 33.6 Å². The Morgan fingerprint density at radius 3 is 2.16 bits per heavy atom. The first kappa shape index (κ1) is 21.3. The van der Waals surface area contributed by atoms with Gasteiger partial charge in [0.15, 0.2) is 0 Å². The van der Waals surface area contributed by atoms with Crippen LogP contribution in [0.15, 0.2) is 53.6 Å². The van der Waals surface area contributed by atoms with Gasteiger partial charge in [0.2, 0.25) is 17.8 Å². The van der Waals surface area contributed by atoms with Gasteiger partial charge in [-0.2, -0.15) is 20.1 Å². The molecule has 1 aliphatic rings. The summed E-state index contributed by atoms with van der Waals surface area (Å²) in [5, 5.41) is 7.48. The molecule has 1 aliphatic heterocycles. The molecule has 3 aromatic rings. The molecule has 1 aromatic heterocycles. The van der Waals surface area contributed by atoms with Crippen molar-refractivity contribution < 1.29 is 14.2 Å². The SMILES string of the molecule is COc1ccc(/C=N/Nc2nc(Nc3ccc(OC)cc3)nc(N3CCOCC3)n2)cc1. The van der Waals surface area contributed by atoms with Crippen LogP contribution in [0.3, 0.4) is 0 Å². The molecular weight excluding hydrogens is 410 g/mol. The third kappa shape index (κ3) is 5.61. The van der Waals surface area contributed by atoms with Gasteiger partial charge >= 0.3 is 0 Å². The van der Waals surface area contributed by atoms with Crippen molar-refractivity contribution in [1.29, 1.82) is 0 Å². The van der Waals surface area contributed by atoms with Crippen LogP contribution in [-0.4, -0.2) is 61.7 Å². The van der Waals surface area contributed by atoms with E-state index in [1.807, 2.05) is 48.5 Å². The number of ether oxygens (including phenoxy) is 3. The van der Waals surface area contributed by atoms with E-state index in [0.717, 1.165) is 22.7 Å². The summed E-state index contributed by atoms with van der Waals surface area (Å²) < 4.78 is 15.8. The van der Waals surface area contributed by atoms with Crippen molar-refractivity contribution >= 4 is 29.7 Å². The molecule has 4 rings (SSSR count). The number of methoxy groups -OCH3 is 2. The predicted molar refractivity (Wildman–Crippen MR) is 123 cm³/mol. The second-order valence-electron chi connectivity index (χ2n) is 6.88. The third-order valence-corrected chi connectivity index (χ3v) is 4.76. The normalized spacial score (nSPS) is 13.8. The predicted octanol–water partition coefficient (Wildman–Crippen LogP) is 2.92. The molecule has 1 fully saturated rings. The molecule has 0 unspecified atom stereocenters. The Balaban J connectivity index is 1.53. The van der Waals surface area contributed by atoms with Crippen molar-refractivity contribution in [3.05, 3.63) is 54.1 Å². The minimum atomic E-state index is 0.335. The fraction of sp³-hybridized carbons (Fsp3) is 0.273. The molecule has 10 nitrogen and oxygen atoms in total. The molecule has 0 radical (unpaired) electrons. The molecule has 0 spiro atoms. The topological polar surface area (TPSA) is 106 Å². The van der Waals surface area contributed by atoms with Crippen molar-refractivity contribution in [2.75, 3.05) is 56.2 Å². The summed E-state index contributed by atoms with van der Waals surface area (Å²) in [6, 6.07) is 15.1. The first-order valence-electron chi connectivity index (χ1n) is 10.2. The quantitative estimate of drug-likeness (QED) is 0.408. The number of benzene rings is 2. The van der Waals surface area contributed by atoms with E-state index in [1.165, 1.54) is 0 Å². The number of morpholine rings is 1. The highest BCUT2D eigenvalue weighted by Gasteiger charge is 2.16. The molecule has 0 bridgehead atoms. The van der Waals surface area contributed by atoms with Gasteiger partial charge in [0.25, 0.3) is 0 Å². The number of nitrogens with zero attached hydrogens (tertiary/aromatic N) is 5. The van der Waals surface area contributed by atoms with Gasteiger partial charge in [-0.05, 0) is 54.1 Å². The smallest absolute Gasteiger partial charge is 0.250 e. The highest BCUT2D eigenvalue weighted by molar-refractivity contribution is 5.80. The number of hydrogen-bond donors (Lipinski definition) is 2. The van der Waals surface area contributed by atoms with Crippen LogP contribution in [0, 0.1) is 0 Å². The van der Waals surface area contributed by atoms with Gasteiger partial charge < -0.3 is 24.4 Å². The van der Waals surface area contributed by atoms with Crippen LogP contribution in [0.5, 0.6) is 11.5 Å². The lowest BCUT2D eigenvalue weighted by Gasteiger charge is -2.27. The van der Waals surface area contributed by atoms with Crippen LogP contribution < -0.4 is 25.1 Å². The molecule has 166 valence electrons. The number of aromatic nitrogens is 3. The summed E-state index contributed by atoms with van der Waals surface area (Å²) in [7, 11) is 3.27. The van der Waals surface area contributed by atoms with Crippen LogP contribution in [-0.2, 0) is 4.74 Å². The zero-order valence-electron chi connectivity index (χ0n) is 18.0. The molecule has 0 aliphatic carbocycles. The molecule has 0 saturated carbocycles. The lowest BCUT2D eigenvalue weighted by molar-refractivity contribution is 0.122. The van der Waals surface area contributed by atoms with E-state index in [0.29, 0.717) is 44.1 Å². The molecular formula is C22H25N7O3. The Bertz CT molecular complexity index is 1040. The molecule has 0 amide bonds. The van der Waals surface area contributed by atoms with Gasteiger partial charge in [-0.25, -0.2) is 5.43 Å². The highest BCUT2D eigenvalue weighted by atomic mass is 16.5. The van der Waals surface area contributed by atoms with E-state index in [9.17, 15) is 0 Å². The zero-order valence-corrected chi connectivity index (χ0v) is 18.0. The number of anilines is 4. The maximum atomic E-state index is 5.44. The van der Waals surface area contributed by atoms with Crippen LogP contribution in [0.2, 0.25) is 0 Å². The molecule has 2 aromatic carbocycles. The van der Waals surface area contributed by atoms with E-state index in [-0.39, 0.29) is 0 Å². The number of hydrazone groups is 1. The fourth-order valence-corrected chi connectivity index (χ4v) is 3.03. The van der Waals surface area contributed by atoms with Crippen LogP contribution in [0.4, 0.5) is 23.5 Å². The second-order valence-corrected chi connectivity index (χ2v) is 6.88. The van der Waals surface area contributed by atoms with Crippen molar-refractivity contribution in [2.24, 2.45) is 5.10 Å². The second kappa shape index (κ2) is 10.4. The first-order chi connectivity index (χ1) is 15.7. The summed E-state index contributed by atoms with van der Waals surface area (Å²) in [5.41, 5.74) is 4.65. The van der Waals surface area contributed by atoms with E-state index in [1.54, 1.807) is 20.4 Å². The van der Waals surface area contributed by atoms with E-state index in [2.05, 4.69) is 35.7 Å². The van der Waals surface area contributed by atoms with Crippen LogP contribution >= 0.6 is 0 Å².